The van der Waals surface area contributed by atoms with Gasteiger partial charge in [0.1, 0.15) is 10.8 Å². The summed E-state index contributed by atoms with van der Waals surface area (Å²) in [5.41, 5.74) is 16.3. The molecule has 2 rings (SSSR count). The smallest absolute Gasteiger partial charge is 0.253 e. The summed E-state index contributed by atoms with van der Waals surface area (Å²) in [7, 11) is 0. The van der Waals surface area contributed by atoms with Gasteiger partial charge in [-0.2, -0.15) is 0 Å². The molecule has 2 heterocycles. The molecule has 1 amide bonds. The molecule has 7 N–H and O–H groups in total. The van der Waals surface area contributed by atoms with Crippen LogP contribution in [0, 0.1) is 0 Å². The number of primary amides is 1. The number of hydrogen-bond donors (Lipinski definition) is 4. The van der Waals surface area contributed by atoms with Gasteiger partial charge < -0.3 is 22.2 Å². The minimum absolute atomic E-state index is 0.0716. The summed E-state index contributed by atoms with van der Waals surface area (Å²) in [6.07, 6.45) is 1.37. The maximum absolute atomic E-state index is 11.3. The van der Waals surface area contributed by atoms with Crippen LogP contribution in [0.2, 0.25) is 0 Å². The van der Waals surface area contributed by atoms with Crippen molar-refractivity contribution in [1.29, 1.82) is 0 Å². The fraction of sp³-hybridized carbons (Fsp3) is 0. The second-order valence-electron chi connectivity index (χ2n) is 3.56. The van der Waals surface area contributed by atoms with Crippen LogP contribution in [0.5, 0.6) is 0 Å². The number of H-pyrrole nitrogens is 1. The number of rotatable bonds is 3. The van der Waals surface area contributed by atoms with E-state index in [-0.39, 0.29) is 21.6 Å². The third-order valence-corrected chi connectivity index (χ3v) is 2.98. The Kier molecular flexibility index (Phi) is 3.38. The standard InChI is InChI=1S/C10H10N6O2S/c11-4-1-5(8(13)18)9(14-3-4)19-10-15-6(12)2-7(17)16-10/h1-3H,11H2,(H2,13,18)(H3,12,15,16,17). The molecule has 0 spiro atoms. The molecule has 19 heavy (non-hydrogen) atoms. The molecule has 0 fully saturated rings. The average Bonchev–Trinajstić information content (AvgIpc) is 2.30. The van der Waals surface area contributed by atoms with E-state index >= 15 is 0 Å². The number of nitrogens with zero attached hydrogens (tertiary/aromatic N) is 2. The number of nitrogen functional groups attached to an aromatic ring is 2. The number of nitrogens with one attached hydrogen (secondary N) is 1. The Morgan fingerprint density at radius 1 is 1.32 bits per heavy atom. The van der Waals surface area contributed by atoms with E-state index in [4.69, 9.17) is 17.2 Å². The van der Waals surface area contributed by atoms with Crippen molar-refractivity contribution in [3.8, 4) is 0 Å². The van der Waals surface area contributed by atoms with Gasteiger partial charge in [0.05, 0.1) is 17.4 Å². The van der Waals surface area contributed by atoms with E-state index in [1.54, 1.807) is 0 Å². The number of hydrogen-bond acceptors (Lipinski definition) is 7. The van der Waals surface area contributed by atoms with Gasteiger partial charge in [0.2, 0.25) is 0 Å². The van der Waals surface area contributed by atoms with Gasteiger partial charge in [0, 0.05) is 6.07 Å². The van der Waals surface area contributed by atoms with Crippen LogP contribution in [0.25, 0.3) is 0 Å². The lowest BCUT2D eigenvalue weighted by molar-refractivity contribution is 0.0997. The summed E-state index contributed by atoms with van der Waals surface area (Å²) in [5, 5.41) is 0.500. The highest BCUT2D eigenvalue weighted by Crippen LogP contribution is 2.26. The molecule has 0 atom stereocenters. The topological polar surface area (TPSA) is 154 Å². The van der Waals surface area contributed by atoms with Crippen LogP contribution in [0.4, 0.5) is 11.5 Å². The number of carbonyl (C=O) groups excluding carboxylic acids is 1. The molecule has 0 aliphatic heterocycles. The second kappa shape index (κ2) is 4.98. The third kappa shape index (κ3) is 3.01. The van der Waals surface area contributed by atoms with Gasteiger partial charge in [0.15, 0.2) is 5.16 Å². The summed E-state index contributed by atoms with van der Waals surface area (Å²) in [6, 6.07) is 2.55. The van der Waals surface area contributed by atoms with E-state index < -0.39 is 11.5 Å². The number of amides is 1. The number of carbonyl (C=O) groups is 1. The number of nitrogens with two attached hydrogens (primary N) is 3. The highest BCUT2D eigenvalue weighted by molar-refractivity contribution is 7.99. The minimum Gasteiger partial charge on any atom is -0.397 e. The largest absolute Gasteiger partial charge is 0.397 e. The van der Waals surface area contributed by atoms with Gasteiger partial charge in [-0.05, 0) is 17.8 Å². The molecule has 0 aliphatic carbocycles. The highest BCUT2D eigenvalue weighted by atomic mass is 32.2. The number of anilines is 2. The molecule has 9 heteroatoms. The lowest BCUT2D eigenvalue weighted by Crippen LogP contribution is -2.14. The summed E-state index contributed by atoms with van der Waals surface area (Å²) in [6.45, 7) is 0. The predicted molar refractivity (Wildman–Crippen MR) is 70.6 cm³/mol. The summed E-state index contributed by atoms with van der Waals surface area (Å²) in [4.78, 5) is 32.9. The van der Waals surface area contributed by atoms with Crippen LogP contribution >= 0.6 is 11.8 Å². The zero-order chi connectivity index (χ0) is 14.0. The number of aromatic nitrogens is 3. The van der Waals surface area contributed by atoms with E-state index in [0.29, 0.717) is 5.69 Å². The molecule has 2 aromatic heterocycles. The van der Waals surface area contributed by atoms with Crippen LogP contribution in [0.3, 0.4) is 0 Å². The molecule has 2 aromatic rings. The van der Waals surface area contributed by atoms with E-state index in [2.05, 4.69) is 15.0 Å². The van der Waals surface area contributed by atoms with Crippen LogP contribution < -0.4 is 22.8 Å². The van der Waals surface area contributed by atoms with E-state index in [1.807, 2.05) is 0 Å². The third-order valence-electron chi connectivity index (χ3n) is 2.07. The molecule has 0 aliphatic rings. The molecule has 0 saturated heterocycles. The van der Waals surface area contributed by atoms with Gasteiger partial charge in [0.25, 0.3) is 11.5 Å². The van der Waals surface area contributed by atoms with Crippen molar-refractivity contribution in [2.24, 2.45) is 5.73 Å². The van der Waals surface area contributed by atoms with Gasteiger partial charge in [-0.1, -0.05) is 0 Å². The molecule has 0 saturated carbocycles. The maximum Gasteiger partial charge on any atom is 0.253 e. The average molecular weight is 278 g/mol. The monoisotopic (exact) mass is 278 g/mol. The van der Waals surface area contributed by atoms with Crippen molar-refractivity contribution < 1.29 is 4.79 Å². The first-order valence-electron chi connectivity index (χ1n) is 5.05. The van der Waals surface area contributed by atoms with Gasteiger partial charge in [-0.3, -0.25) is 9.59 Å². The van der Waals surface area contributed by atoms with Crippen molar-refractivity contribution in [2.75, 3.05) is 11.5 Å². The summed E-state index contributed by atoms with van der Waals surface area (Å²) < 4.78 is 0. The first kappa shape index (κ1) is 12.9. The van der Waals surface area contributed by atoms with Gasteiger partial charge >= 0.3 is 0 Å². The Morgan fingerprint density at radius 2 is 2.05 bits per heavy atom. The summed E-state index contributed by atoms with van der Waals surface area (Å²) >= 11 is 0.965. The van der Waals surface area contributed by atoms with Gasteiger partial charge in [-0.25, -0.2) is 9.97 Å². The molecule has 98 valence electrons. The van der Waals surface area contributed by atoms with Gasteiger partial charge in [-0.15, -0.1) is 0 Å². The van der Waals surface area contributed by atoms with E-state index in [9.17, 15) is 9.59 Å². The Labute approximate surface area is 111 Å². The molecular weight excluding hydrogens is 268 g/mol. The number of aromatic amines is 1. The SMILES string of the molecule is NC(=O)c1cc(N)cnc1Sc1nc(N)cc(=O)[nH]1. The lowest BCUT2D eigenvalue weighted by atomic mass is 10.2. The van der Waals surface area contributed by atoms with Crippen molar-refractivity contribution in [2.45, 2.75) is 10.2 Å². The van der Waals surface area contributed by atoms with E-state index in [1.165, 1.54) is 12.3 Å². The first-order chi connectivity index (χ1) is 8.95. The highest BCUT2D eigenvalue weighted by Gasteiger charge is 2.13. The fourth-order valence-corrected chi connectivity index (χ4v) is 2.18. The van der Waals surface area contributed by atoms with Crippen LogP contribution in [-0.4, -0.2) is 20.9 Å². The fourth-order valence-electron chi connectivity index (χ4n) is 1.32. The Hall–Kier alpha value is -2.55. The molecular formula is C10H10N6O2S. The molecule has 0 aromatic carbocycles. The van der Waals surface area contributed by atoms with Crippen molar-refractivity contribution in [3.63, 3.8) is 0 Å². The minimum atomic E-state index is -0.673. The molecule has 0 radical (unpaired) electrons. The van der Waals surface area contributed by atoms with Crippen molar-refractivity contribution in [1.82, 2.24) is 15.0 Å². The first-order valence-corrected chi connectivity index (χ1v) is 5.87. The molecule has 0 bridgehead atoms. The van der Waals surface area contributed by atoms with Crippen LogP contribution in [-0.2, 0) is 0 Å². The zero-order valence-electron chi connectivity index (χ0n) is 9.58. The van der Waals surface area contributed by atoms with Crippen molar-refractivity contribution in [3.05, 3.63) is 34.2 Å². The van der Waals surface area contributed by atoms with Crippen LogP contribution in [0.1, 0.15) is 10.4 Å². The molecule has 8 nitrogen and oxygen atoms in total. The van der Waals surface area contributed by atoms with Crippen LogP contribution in [0.15, 0.2) is 33.3 Å². The zero-order valence-corrected chi connectivity index (χ0v) is 10.4. The maximum atomic E-state index is 11.3. The summed E-state index contributed by atoms with van der Waals surface area (Å²) in [5.74, 6) is -0.601. The Morgan fingerprint density at radius 3 is 2.68 bits per heavy atom. The lowest BCUT2D eigenvalue weighted by Gasteiger charge is -2.05. The molecule has 0 unspecified atom stereocenters. The van der Waals surface area contributed by atoms with Crippen molar-refractivity contribution >= 4 is 29.2 Å². The Bertz CT molecular complexity index is 699. The Balaban J connectivity index is 2.43. The number of pyridine rings is 1. The predicted octanol–water partition coefficient (Wildman–Crippen LogP) is -0.421. The second-order valence-corrected chi connectivity index (χ2v) is 4.54. The normalized spacial score (nSPS) is 10.3. The van der Waals surface area contributed by atoms with E-state index in [0.717, 1.165) is 17.8 Å². The quantitative estimate of drug-likeness (QED) is 0.556.